The van der Waals surface area contributed by atoms with Gasteiger partial charge in [0.25, 0.3) is 0 Å². The van der Waals surface area contributed by atoms with Crippen molar-refractivity contribution in [1.82, 2.24) is 5.32 Å². The van der Waals surface area contributed by atoms with Crippen molar-refractivity contribution in [1.29, 1.82) is 0 Å². The topological polar surface area (TPSA) is 12.0 Å². The zero-order valence-electron chi connectivity index (χ0n) is 11.6. The summed E-state index contributed by atoms with van der Waals surface area (Å²) in [5.41, 5.74) is 2.53. The highest BCUT2D eigenvalue weighted by molar-refractivity contribution is 9.10. The SMILES string of the molecule is CC(CCc1ccccc1)NCc1ccc(Br)cc1Cl. The van der Waals surface area contributed by atoms with Crippen LogP contribution in [0.25, 0.3) is 0 Å². The van der Waals surface area contributed by atoms with E-state index in [-0.39, 0.29) is 0 Å². The second-order valence-electron chi connectivity index (χ2n) is 5.04. The van der Waals surface area contributed by atoms with Crippen LogP contribution in [0.2, 0.25) is 5.02 Å². The van der Waals surface area contributed by atoms with E-state index in [0.717, 1.165) is 34.4 Å². The largest absolute Gasteiger partial charge is 0.310 e. The minimum Gasteiger partial charge on any atom is -0.310 e. The van der Waals surface area contributed by atoms with Crippen LogP contribution >= 0.6 is 27.5 Å². The van der Waals surface area contributed by atoms with Crippen LogP contribution in [0.3, 0.4) is 0 Å². The van der Waals surface area contributed by atoms with Gasteiger partial charge in [0.15, 0.2) is 0 Å². The Balaban J connectivity index is 1.79. The quantitative estimate of drug-likeness (QED) is 0.752. The van der Waals surface area contributed by atoms with E-state index in [0.29, 0.717) is 6.04 Å². The molecule has 0 amide bonds. The van der Waals surface area contributed by atoms with Crippen molar-refractivity contribution in [3.63, 3.8) is 0 Å². The van der Waals surface area contributed by atoms with Gasteiger partial charge in [-0.15, -0.1) is 0 Å². The Labute approximate surface area is 134 Å². The van der Waals surface area contributed by atoms with E-state index in [1.165, 1.54) is 5.56 Å². The van der Waals surface area contributed by atoms with Crippen LogP contribution in [0.15, 0.2) is 53.0 Å². The molecule has 0 radical (unpaired) electrons. The molecular formula is C17H19BrClN. The molecule has 0 saturated heterocycles. The van der Waals surface area contributed by atoms with E-state index < -0.39 is 0 Å². The normalized spacial score (nSPS) is 12.3. The minimum absolute atomic E-state index is 0.468. The van der Waals surface area contributed by atoms with Crippen molar-refractivity contribution in [2.24, 2.45) is 0 Å². The minimum atomic E-state index is 0.468. The molecule has 20 heavy (non-hydrogen) atoms. The predicted molar refractivity (Wildman–Crippen MR) is 90.2 cm³/mol. The number of benzene rings is 2. The Kier molecular flexibility index (Phi) is 6.08. The van der Waals surface area contributed by atoms with E-state index in [1.807, 2.05) is 12.1 Å². The monoisotopic (exact) mass is 351 g/mol. The molecule has 0 aliphatic carbocycles. The molecule has 0 spiro atoms. The maximum absolute atomic E-state index is 6.22. The summed E-state index contributed by atoms with van der Waals surface area (Å²) in [5, 5.41) is 4.34. The molecule has 2 rings (SSSR count). The summed E-state index contributed by atoms with van der Waals surface area (Å²) >= 11 is 9.64. The van der Waals surface area contributed by atoms with Crippen LogP contribution in [0.5, 0.6) is 0 Å². The highest BCUT2D eigenvalue weighted by atomic mass is 79.9. The first-order valence-electron chi connectivity index (χ1n) is 6.86. The van der Waals surface area contributed by atoms with Gasteiger partial charge in [0.05, 0.1) is 0 Å². The second-order valence-corrected chi connectivity index (χ2v) is 6.36. The van der Waals surface area contributed by atoms with Gasteiger partial charge in [-0.3, -0.25) is 0 Å². The van der Waals surface area contributed by atoms with Gasteiger partial charge in [-0.2, -0.15) is 0 Å². The van der Waals surface area contributed by atoms with Crippen LogP contribution in [0, 0.1) is 0 Å². The van der Waals surface area contributed by atoms with E-state index in [2.05, 4.69) is 64.6 Å². The van der Waals surface area contributed by atoms with E-state index >= 15 is 0 Å². The van der Waals surface area contributed by atoms with Crippen LogP contribution in [0.1, 0.15) is 24.5 Å². The summed E-state index contributed by atoms with van der Waals surface area (Å²) in [6, 6.07) is 17.1. The van der Waals surface area contributed by atoms with Crippen LogP contribution < -0.4 is 5.32 Å². The molecule has 106 valence electrons. The van der Waals surface area contributed by atoms with Gasteiger partial charge in [-0.25, -0.2) is 0 Å². The molecule has 0 aliphatic heterocycles. The predicted octanol–water partition coefficient (Wildman–Crippen LogP) is 5.21. The summed E-state index contributed by atoms with van der Waals surface area (Å²) in [7, 11) is 0. The Bertz CT molecular complexity index is 542. The molecule has 1 N–H and O–H groups in total. The summed E-state index contributed by atoms with van der Waals surface area (Å²) in [6.45, 7) is 3.03. The Morgan fingerprint density at radius 2 is 1.90 bits per heavy atom. The Morgan fingerprint density at radius 3 is 2.60 bits per heavy atom. The van der Waals surface area contributed by atoms with Crippen LogP contribution in [0.4, 0.5) is 0 Å². The average Bonchev–Trinajstić information content (AvgIpc) is 2.45. The van der Waals surface area contributed by atoms with E-state index in [4.69, 9.17) is 11.6 Å². The Hall–Kier alpha value is -0.830. The number of nitrogens with one attached hydrogen (secondary N) is 1. The van der Waals surface area contributed by atoms with Gasteiger partial charge in [-0.05, 0) is 43.0 Å². The molecule has 0 saturated carbocycles. The standard InChI is InChI=1S/C17H19BrClN/c1-13(7-8-14-5-3-2-4-6-14)20-12-15-9-10-16(18)11-17(15)19/h2-6,9-11,13,20H,7-8,12H2,1H3. The molecule has 2 aromatic carbocycles. The summed E-state index contributed by atoms with van der Waals surface area (Å²) in [4.78, 5) is 0. The van der Waals surface area contributed by atoms with Crippen molar-refractivity contribution >= 4 is 27.5 Å². The number of aryl methyl sites for hydroxylation is 1. The van der Waals surface area contributed by atoms with Gasteiger partial charge in [0.1, 0.15) is 0 Å². The zero-order chi connectivity index (χ0) is 14.4. The zero-order valence-corrected chi connectivity index (χ0v) is 13.9. The summed E-state index contributed by atoms with van der Waals surface area (Å²) in [5.74, 6) is 0. The fourth-order valence-electron chi connectivity index (χ4n) is 2.08. The molecule has 0 aromatic heterocycles. The van der Waals surface area contributed by atoms with E-state index in [1.54, 1.807) is 0 Å². The maximum Gasteiger partial charge on any atom is 0.0462 e. The third-order valence-corrected chi connectivity index (χ3v) is 4.21. The van der Waals surface area contributed by atoms with Gasteiger partial charge in [0.2, 0.25) is 0 Å². The fraction of sp³-hybridized carbons (Fsp3) is 0.294. The van der Waals surface area contributed by atoms with Crippen LogP contribution in [-0.2, 0) is 13.0 Å². The molecule has 2 aromatic rings. The van der Waals surface area contributed by atoms with E-state index in [9.17, 15) is 0 Å². The number of hydrogen-bond donors (Lipinski definition) is 1. The molecular weight excluding hydrogens is 334 g/mol. The summed E-state index contributed by atoms with van der Waals surface area (Å²) < 4.78 is 1.02. The molecule has 0 fully saturated rings. The third kappa shape index (κ3) is 4.93. The molecule has 1 atom stereocenters. The van der Waals surface area contributed by atoms with Crippen molar-refractivity contribution in [2.75, 3.05) is 0 Å². The van der Waals surface area contributed by atoms with Crippen molar-refractivity contribution < 1.29 is 0 Å². The highest BCUT2D eigenvalue weighted by Gasteiger charge is 2.05. The summed E-state index contributed by atoms with van der Waals surface area (Å²) in [6.07, 6.45) is 2.22. The number of rotatable bonds is 6. The lowest BCUT2D eigenvalue weighted by Gasteiger charge is -2.14. The van der Waals surface area contributed by atoms with Crippen molar-refractivity contribution in [3.8, 4) is 0 Å². The smallest absolute Gasteiger partial charge is 0.0462 e. The third-order valence-electron chi connectivity index (χ3n) is 3.36. The van der Waals surface area contributed by atoms with Crippen LogP contribution in [-0.4, -0.2) is 6.04 Å². The molecule has 1 unspecified atom stereocenters. The first-order valence-corrected chi connectivity index (χ1v) is 8.03. The lowest BCUT2D eigenvalue weighted by molar-refractivity contribution is 0.514. The second kappa shape index (κ2) is 7.82. The molecule has 0 aliphatic rings. The van der Waals surface area contributed by atoms with Crippen molar-refractivity contribution in [3.05, 3.63) is 69.2 Å². The van der Waals surface area contributed by atoms with Gasteiger partial charge >= 0.3 is 0 Å². The Morgan fingerprint density at radius 1 is 1.15 bits per heavy atom. The lowest BCUT2D eigenvalue weighted by Crippen LogP contribution is -2.26. The van der Waals surface area contributed by atoms with Gasteiger partial charge in [-0.1, -0.05) is 63.9 Å². The lowest BCUT2D eigenvalue weighted by atomic mass is 10.1. The molecule has 0 bridgehead atoms. The average molecular weight is 353 g/mol. The highest BCUT2D eigenvalue weighted by Crippen LogP contribution is 2.21. The molecule has 3 heteroatoms. The first kappa shape index (κ1) is 15.6. The molecule has 1 nitrogen and oxygen atoms in total. The van der Waals surface area contributed by atoms with Gasteiger partial charge in [0, 0.05) is 22.1 Å². The number of hydrogen-bond acceptors (Lipinski definition) is 1. The van der Waals surface area contributed by atoms with Gasteiger partial charge < -0.3 is 5.32 Å². The first-order chi connectivity index (χ1) is 9.65. The maximum atomic E-state index is 6.22. The fourth-order valence-corrected chi connectivity index (χ4v) is 2.82. The number of halogens is 2. The molecule has 0 heterocycles. The van der Waals surface area contributed by atoms with Crippen molar-refractivity contribution in [2.45, 2.75) is 32.4 Å².